The molecule has 2 heterocycles. The molecule has 0 bridgehead atoms. The van der Waals surface area contributed by atoms with Crippen LogP contribution in [0.2, 0.25) is 0 Å². The van der Waals surface area contributed by atoms with Gasteiger partial charge in [-0.3, -0.25) is 9.59 Å². The molecule has 0 aromatic carbocycles. The molecule has 0 amide bonds. The van der Waals surface area contributed by atoms with Crippen molar-refractivity contribution in [3.8, 4) is 0 Å². The lowest BCUT2D eigenvalue weighted by molar-refractivity contribution is -0.148. The highest BCUT2D eigenvalue weighted by molar-refractivity contribution is 8.26. The molecular formula is C14H26Cl2O8S. The van der Waals surface area contributed by atoms with Crippen molar-refractivity contribution >= 4 is 42.5 Å². The number of aliphatic hydroxyl groups is 1. The fourth-order valence-corrected chi connectivity index (χ4v) is 2.04. The van der Waals surface area contributed by atoms with E-state index in [1.54, 1.807) is 0 Å². The second kappa shape index (κ2) is 18.3. The molecule has 2 aliphatic rings. The molecule has 0 aromatic heterocycles. The van der Waals surface area contributed by atoms with E-state index < -0.39 is 15.2 Å². The van der Waals surface area contributed by atoms with E-state index in [1.165, 1.54) is 7.11 Å². The third-order valence-electron chi connectivity index (χ3n) is 3.33. The van der Waals surface area contributed by atoms with E-state index in [9.17, 15) is 9.59 Å². The van der Waals surface area contributed by atoms with Gasteiger partial charge in [0.25, 0.3) is 0 Å². The molecule has 2 N–H and O–H groups in total. The van der Waals surface area contributed by atoms with Gasteiger partial charge in [0.05, 0.1) is 18.9 Å². The molecule has 0 aliphatic carbocycles. The van der Waals surface area contributed by atoms with Gasteiger partial charge in [-0.1, -0.05) is 0 Å². The first-order chi connectivity index (χ1) is 11.9. The lowest BCUT2D eigenvalue weighted by Crippen LogP contribution is -2.24. The predicted molar refractivity (Wildman–Crippen MR) is 94.7 cm³/mol. The van der Waals surface area contributed by atoms with Crippen LogP contribution in [0.1, 0.15) is 25.7 Å². The number of carbonyl (C=O) groups excluding carboxylic acids is 1. The fraction of sp³-hybridized carbons (Fsp3) is 0.857. The van der Waals surface area contributed by atoms with Crippen molar-refractivity contribution < 1.29 is 38.2 Å². The summed E-state index contributed by atoms with van der Waals surface area (Å²) in [5, 5.41) is 15.5. The number of methoxy groups -OCH3 is 1. The molecule has 2 rings (SSSR count). The van der Waals surface area contributed by atoms with Crippen LogP contribution in [0, 0.1) is 11.8 Å². The van der Waals surface area contributed by atoms with Crippen LogP contribution in [0.5, 0.6) is 0 Å². The Bertz CT molecular complexity index is 368. The van der Waals surface area contributed by atoms with Gasteiger partial charge in [0.15, 0.2) is 0 Å². The summed E-state index contributed by atoms with van der Waals surface area (Å²) in [6.45, 7) is 2.60. The lowest BCUT2D eigenvalue weighted by atomic mass is 10.0. The summed E-state index contributed by atoms with van der Waals surface area (Å²) in [5.41, 5.74) is 0. The summed E-state index contributed by atoms with van der Waals surface area (Å²) in [7, 11) is 9.79. The minimum absolute atomic E-state index is 0.0822. The zero-order chi connectivity index (χ0) is 19.7. The Kier molecular flexibility index (Phi) is 19.6. The van der Waals surface area contributed by atoms with Crippen LogP contribution < -0.4 is 0 Å². The lowest BCUT2D eigenvalue weighted by Gasteiger charge is -2.19. The number of ether oxygens (including phenoxy) is 3. The molecule has 25 heavy (non-hydrogen) atoms. The van der Waals surface area contributed by atoms with Crippen molar-refractivity contribution in [2.24, 2.45) is 11.8 Å². The van der Waals surface area contributed by atoms with E-state index in [-0.39, 0.29) is 17.8 Å². The van der Waals surface area contributed by atoms with Gasteiger partial charge in [-0.05, 0) is 25.7 Å². The molecule has 8 nitrogen and oxygen atoms in total. The first kappa shape index (κ1) is 26.8. The normalized spacial score (nSPS) is 17.7. The van der Waals surface area contributed by atoms with Crippen molar-refractivity contribution in [1.29, 1.82) is 0 Å². The summed E-state index contributed by atoms with van der Waals surface area (Å²) >= 11 is 0. The highest BCUT2D eigenvalue weighted by Gasteiger charge is 2.21. The van der Waals surface area contributed by atoms with Crippen molar-refractivity contribution in [1.82, 2.24) is 0 Å². The molecule has 2 fully saturated rings. The number of carbonyl (C=O) groups is 2. The maximum atomic E-state index is 10.9. The van der Waals surface area contributed by atoms with Gasteiger partial charge in [0.1, 0.15) is 0 Å². The summed E-state index contributed by atoms with van der Waals surface area (Å²) < 4.78 is 23.8. The Morgan fingerprint density at radius 2 is 1.28 bits per heavy atom. The predicted octanol–water partition coefficient (Wildman–Crippen LogP) is 1.73. The number of halogens is 2. The van der Waals surface area contributed by atoms with Crippen molar-refractivity contribution in [2.45, 2.75) is 25.7 Å². The number of aliphatic hydroxyl groups excluding tert-OH is 1. The summed E-state index contributed by atoms with van der Waals surface area (Å²) in [4.78, 5) is 21.2. The number of hydrogen-bond donors (Lipinski definition) is 2. The van der Waals surface area contributed by atoms with Gasteiger partial charge >= 0.3 is 11.9 Å². The van der Waals surface area contributed by atoms with Crippen LogP contribution in [-0.2, 0) is 33.0 Å². The number of carboxylic acid groups (broad SMARTS) is 1. The maximum absolute atomic E-state index is 10.9. The molecule has 0 spiro atoms. The first-order valence-corrected chi connectivity index (χ1v) is 10.3. The van der Waals surface area contributed by atoms with Crippen LogP contribution >= 0.6 is 21.4 Å². The number of rotatable bonds is 2. The summed E-state index contributed by atoms with van der Waals surface area (Å²) in [6.07, 6.45) is 2.98. The average Bonchev–Trinajstić information content (AvgIpc) is 2.64. The molecule has 2 saturated heterocycles. The van der Waals surface area contributed by atoms with Gasteiger partial charge < -0.3 is 24.4 Å². The zero-order valence-electron chi connectivity index (χ0n) is 14.3. The highest BCUT2D eigenvalue weighted by Crippen LogP contribution is 2.15. The smallest absolute Gasteiger partial charge is 0.308 e. The molecule has 0 saturated carbocycles. The SMILES string of the molecule is CO.COC(=O)C1CCOCC1.O=C(O)C1CCOCC1.O=S(Cl)Cl. The summed E-state index contributed by atoms with van der Waals surface area (Å²) in [6, 6.07) is 0. The second-order valence-corrected chi connectivity index (χ2v) is 7.34. The van der Waals surface area contributed by atoms with Crippen LogP contribution in [0.3, 0.4) is 0 Å². The molecule has 0 aromatic rings. The number of hydrogen-bond acceptors (Lipinski definition) is 7. The van der Waals surface area contributed by atoms with Crippen LogP contribution in [0.15, 0.2) is 0 Å². The molecule has 150 valence electrons. The monoisotopic (exact) mass is 424 g/mol. The molecule has 0 atom stereocenters. The Hall–Kier alpha value is -0.450. The van der Waals surface area contributed by atoms with E-state index in [1.807, 2.05) is 0 Å². The van der Waals surface area contributed by atoms with Gasteiger partial charge in [-0.2, -0.15) is 0 Å². The molecule has 0 unspecified atom stereocenters. The molecule has 2 aliphatic heterocycles. The van der Waals surface area contributed by atoms with Gasteiger partial charge in [0.2, 0.25) is 9.23 Å². The first-order valence-electron chi connectivity index (χ1n) is 7.53. The molecule has 11 heteroatoms. The topological polar surface area (TPSA) is 119 Å². The van der Waals surface area contributed by atoms with E-state index in [0.29, 0.717) is 39.3 Å². The standard InChI is InChI=1S/C7H12O3.C6H10O3.CH4O.Cl2OS/c1-9-7(8)6-2-4-10-5-3-6;7-6(8)5-1-3-9-4-2-5;1-2;1-4(2)3/h6H,2-5H2,1H3;5H,1-4H2,(H,7,8);2H,1H3;. The Balaban J connectivity index is 0. The van der Waals surface area contributed by atoms with E-state index >= 15 is 0 Å². The Labute approximate surface area is 159 Å². The van der Waals surface area contributed by atoms with E-state index in [0.717, 1.165) is 20.0 Å². The number of aliphatic carboxylic acids is 1. The van der Waals surface area contributed by atoms with Crippen molar-refractivity contribution in [3.63, 3.8) is 0 Å². The van der Waals surface area contributed by atoms with Gasteiger partial charge in [-0.25, -0.2) is 4.21 Å². The molecule has 0 radical (unpaired) electrons. The molecular weight excluding hydrogens is 399 g/mol. The Morgan fingerprint density at radius 3 is 1.52 bits per heavy atom. The fourth-order valence-electron chi connectivity index (χ4n) is 2.04. The highest BCUT2D eigenvalue weighted by atomic mass is 36.0. The average molecular weight is 425 g/mol. The number of esters is 1. The third-order valence-corrected chi connectivity index (χ3v) is 3.33. The van der Waals surface area contributed by atoms with Crippen LogP contribution in [0.25, 0.3) is 0 Å². The van der Waals surface area contributed by atoms with E-state index in [4.69, 9.17) is 23.9 Å². The number of carboxylic acids is 1. The third kappa shape index (κ3) is 16.8. The van der Waals surface area contributed by atoms with Gasteiger partial charge in [0, 0.05) is 54.9 Å². The zero-order valence-corrected chi connectivity index (χ0v) is 16.6. The Morgan fingerprint density at radius 1 is 0.960 bits per heavy atom. The largest absolute Gasteiger partial charge is 0.481 e. The summed E-state index contributed by atoms with van der Waals surface area (Å²) in [5.74, 6) is -0.848. The minimum Gasteiger partial charge on any atom is -0.481 e. The van der Waals surface area contributed by atoms with Crippen molar-refractivity contribution in [2.75, 3.05) is 40.6 Å². The van der Waals surface area contributed by atoms with Crippen LogP contribution in [0.4, 0.5) is 0 Å². The van der Waals surface area contributed by atoms with Crippen molar-refractivity contribution in [3.05, 3.63) is 0 Å². The maximum Gasteiger partial charge on any atom is 0.308 e. The second-order valence-electron chi connectivity index (χ2n) is 4.82. The minimum atomic E-state index is -1.67. The van der Waals surface area contributed by atoms with E-state index in [2.05, 4.69) is 26.1 Å². The quantitative estimate of drug-likeness (QED) is 0.507. The van der Waals surface area contributed by atoms with Crippen LogP contribution in [-0.4, -0.2) is 67.0 Å². The van der Waals surface area contributed by atoms with Gasteiger partial charge in [-0.15, -0.1) is 0 Å².